The molecule has 0 fully saturated rings. The maximum Gasteiger partial charge on any atom is 0.360 e. The van der Waals surface area contributed by atoms with E-state index in [0.29, 0.717) is 5.75 Å². The number of halogens is 2. The quantitative estimate of drug-likeness (QED) is 0.850. The molecule has 0 bridgehead atoms. The van der Waals surface area contributed by atoms with Crippen molar-refractivity contribution in [2.45, 2.75) is 0 Å². The van der Waals surface area contributed by atoms with E-state index in [1.165, 1.54) is 0 Å². The molecule has 0 atom stereocenters. The molecule has 0 radical (unpaired) electrons. The van der Waals surface area contributed by atoms with Crippen LogP contribution in [0.3, 0.4) is 0 Å². The van der Waals surface area contributed by atoms with Crippen LogP contribution >= 0.6 is 34.5 Å². The van der Waals surface area contributed by atoms with Gasteiger partial charge in [-0.2, -0.15) is 0 Å². The molecule has 0 aliphatic carbocycles. The van der Waals surface area contributed by atoms with Gasteiger partial charge in [0, 0.05) is 0 Å². The van der Waals surface area contributed by atoms with E-state index in [4.69, 9.17) is 21.7 Å². The summed E-state index contributed by atoms with van der Waals surface area (Å²) in [6.45, 7) is -0.0110. The van der Waals surface area contributed by atoms with Crippen LogP contribution in [-0.4, -0.2) is 24.3 Å². The van der Waals surface area contributed by atoms with Crippen LogP contribution in [0.4, 0.5) is 0 Å². The summed E-state index contributed by atoms with van der Waals surface area (Å²) in [5, 5.41) is 8.64. The first-order valence-corrected chi connectivity index (χ1v) is 5.44. The van der Waals surface area contributed by atoms with E-state index in [9.17, 15) is 4.79 Å². The smallest absolute Gasteiger partial charge is 0.360 e. The van der Waals surface area contributed by atoms with Crippen molar-refractivity contribution in [3.63, 3.8) is 0 Å². The second-order valence-electron chi connectivity index (χ2n) is 2.55. The number of para-hydroxylation sites is 1. The molecule has 0 aliphatic rings. The Balaban J connectivity index is 3.03. The first kappa shape index (κ1) is 12.5. The Morgan fingerprint density at radius 3 is 2.87 bits per heavy atom. The normalized spacial score (nSPS) is 9.80. The number of rotatable bonds is 4. The minimum Gasteiger partial charge on any atom is -0.489 e. The molecule has 0 heterocycles. The molecule has 0 unspecified atom stereocenters. The third-order valence-corrected chi connectivity index (χ3v) is 2.58. The van der Waals surface area contributed by atoms with Gasteiger partial charge in [0.15, 0.2) is 0 Å². The highest BCUT2D eigenvalue weighted by atomic mass is 127. The van der Waals surface area contributed by atoms with Gasteiger partial charge in [0.05, 0.1) is 10.2 Å². The van der Waals surface area contributed by atoms with Gasteiger partial charge < -0.3 is 14.1 Å². The van der Waals surface area contributed by atoms with Crippen LogP contribution in [0.1, 0.15) is 10.4 Å². The molecule has 15 heavy (non-hydrogen) atoms. The Kier molecular flexibility index (Phi) is 5.13. The topological polar surface area (TPSA) is 55.8 Å². The Bertz CT molecular complexity index is 356. The summed E-state index contributed by atoms with van der Waals surface area (Å²) in [6, 6.07) is 5.01. The van der Waals surface area contributed by atoms with Crippen molar-refractivity contribution in [3.05, 3.63) is 27.3 Å². The number of benzene rings is 1. The molecule has 1 N–H and O–H groups in total. The first-order valence-electron chi connectivity index (χ1n) is 4.05. The van der Waals surface area contributed by atoms with Crippen molar-refractivity contribution in [2.75, 3.05) is 13.2 Å². The van der Waals surface area contributed by atoms with Crippen LogP contribution in [0.2, 0.25) is 0 Å². The van der Waals surface area contributed by atoms with E-state index in [2.05, 4.69) is 4.29 Å². The third kappa shape index (κ3) is 3.22. The minimum atomic E-state index is -0.678. The fraction of sp³-hybridized carbons (Fsp3) is 0.222. The zero-order chi connectivity index (χ0) is 11.3. The Morgan fingerprint density at radius 2 is 2.27 bits per heavy atom. The van der Waals surface area contributed by atoms with Crippen molar-refractivity contribution in [1.29, 1.82) is 0 Å². The lowest BCUT2D eigenvalue weighted by molar-refractivity contribution is 0.0745. The van der Waals surface area contributed by atoms with Gasteiger partial charge in [0.1, 0.15) is 29.8 Å². The predicted octanol–water partition coefficient (Wildman–Crippen LogP) is 1.97. The Morgan fingerprint density at radius 1 is 1.53 bits per heavy atom. The van der Waals surface area contributed by atoms with Crippen molar-refractivity contribution >= 4 is 40.4 Å². The highest BCUT2D eigenvalue weighted by molar-refractivity contribution is 14.1. The maximum atomic E-state index is 11.2. The second kappa shape index (κ2) is 6.14. The molecular weight excluding hydrogens is 334 g/mol. The molecule has 1 aromatic rings. The summed E-state index contributed by atoms with van der Waals surface area (Å²) in [7, 11) is 0. The van der Waals surface area contributed by atoms with Gasteiger partial charge in [0.25, 0.3) is 0 Å². The zero-order valence-electron chi connectivity index (χ0n) is 7.57. The molecule has 1 rings (SSSR count). The van der Waals surface area contributed by atoms with Crippen LogP contribution in [0.15, 0.2) is 18.2 Å². The van der Waals surface area contributed by atoms with E-state index < -0.39 is 5.97 Å². The third-order valence-electron chi connectivity index (χ3n) is 1.59. The van der Waals surface area contributed by atoms with E-state index in [0.717, 1.165) is 3.57 Å². The van der Waals surface area contributed by atoms with Crippen LogP contribution in [0, 0.1) is 3.57 Å². The average Bonchev–Trinajstić information content (AvgIpc) is 2.26. The number of aliphatic hydroxyl groups excluding tert-OH is 1. The number of carbonyl (C=O) groups excluding carboxylic acids is 1. The summed E-state index contributed by atoms with van der Waals surface area (Å²) < 4.78 is 10.1. The van der Waals surface area contributed by atoms with Crippen molar-refractivity contribution < 1.29 is 18.9 Å². The Labute approximate surface area is 105 Å². The van der Waals surface area contributed by atoms with E-state index >= 15 is 0 Å². The van der Waals surface area contributed by atoms with Gasteiger partial charge in [-0.3, -0.25) is 0 Å². The standard InChI is InChI=1S/C9H8ClIO4/c10-15-9(13)6-2-1-3-7(11)8(6)14-5-4-12/h1-3,12H,4-5H2. The molecule has 0 amide bonds. The molecule has 0 saturated heterocycles. The van der Waals surface area contributed by atoms with Gasteiger partial charge >= 0.3 is 5.97 Å². The number of carbonyl (C=O) groups is 1. The molecule has 0 saturated carbocycles. The number of ether oxygens (including phenoxy) is 1. The molecule has 0 aliphatic heterocycles. The molecule has 4 nitrogen and oxygen atoms in total. The van der Waals surface area contributed by atoms with Gasteiger partial charge in [-0.25, -0.2) is 4.79 Å². The number of hydrogen-bond donors (Lipinski definition) is 1. The number of aliphatic hydroxyl groups is 1. The van der Waals surface area contributed by atoms with Crippen molar-refractivity contribution in [2.24, 2.45) is 0 Å². The average molecular weight is 343 g/mol. The summed E-state index contributed by atoms with van der Waals surface area (Å²) in [4.78, 5) is 11.2. The fourth-order valence-electron chi connectivity index (χ4n) is 1.01. The van der Waals surface area contributed by atoms with E-state index in [-0.39, 0.29) is 18.8 Å². The lowest BCUT2D eigenvalue weighted by Crippen LogP contribution is -2.08. The molecule has 0 spiro atoms. The monoisotopic (exact) mass is 342 g/mol. The summed E-state index contributed by atoms with van der Waals surface area (Å²) in [5.41, 5.74) is 0.241. The van der Waals surface area contributed by atoms with E-state index in [1.54, 1.807) is 18.2 Å². The van der Waals surface area contributed by atoms with Crippen LogP contribution in [0.25, 0.3) is 0 Å². The van der Waals surface area contributed by atoms with Crippen molar-refractivity contribution in [3.8, 4) is 5.75 Å². The SMILES string of the molecule is O=C(OCl)c1cccc(I)c1OCCO. The first-order chi connectivity index (χ1) is 7.20. The van der Waals surface area contributed by atoms with E-state index in [1.807, 2.05) is 22.6 Å². The molecule has 1 aromatic carbocycles. The van der Waals surface area contributed by atoms with Gasteiger partial charge in [-0.05, 0) is 34.7 Å². The summed E-state index contributed by atoms with van der Waals surface area (Å²) in [5.74, 6) is -0.305. The second-order valence-corrected chi connectivity index (χ2v) is 3.87. The van der Waals surface area contributed by atoms with Gasteiger partial charge in [0.2, 0.25) is 0 Å². The van der Waals surface area contributed by atoms with Crippen LogP contribution < -0.4 is 4.74 Å². The zero-order valence-corrected chi connectivity index (χ0v) is 10.5. The number of hydrogen-bond acceptors (Lipinski definition) is 4. The summed E-state index contributed by atoms with van der Waals surface area (Å²) in [6.07, 6.45) is 0. The Hall–Kier alpha value is -0.530. The fourth-order valence-corrected chi connectivity index (χ4v) is 1.74. The maximum absolute atomic E-state index is 11.2. The lowest BCUT2D eigenvalue weighted by Gasteiger charge is -2.09. The molecular formula is C9H8ClIO4. The van der Waals surface area contributed by atoms with Gasteiger partial charge in [-0.1, -0.05) is 6.07 Å². The van der Waals surface area contributed by atoms with Crippen molar-refractivity contribution in [1.82, 2.24) is 0 Å². The molecule has 82 valence electrons. The van der Waals surface area contributed by atoms with Crippen LogP contribution in [-0.2, 0) is 4.29 Å². The predicted molar refractivity (Wildman–Crippen MR) is 63.0 cm³/mol. The molecule has 6 heteroatoms. The van der Waals surface area contributed by atoms with Crippen LogP contribution in [0.5, 0.6) is 5.75 Å². The largest absolute Gasteiger partial charge is 0.489 e. The minimum absolute atomic E-state index is 0.114. The summed E-state index contributed by atoms with van der Waals surface area (Å²) >= 11 is 7.01. The molecule has 0 aromatic heterocycles. The van der Waals surface area contributed by atoms with Gasteiger partial charge in [-0.15, -0.1) is 0 Å². The highest BCUT2D eigenvalue weighted by Crippen LogP contribution is 2.26. The highest BCUT2D eigenvalue weighted by Gasteiger charge is 2.16. The lowest BCUT2D eigenvalue weighted by atomic mass is 10.2.